The highest BCUT2D eigenvalue weighted by Crippen LogP contribution is 2.49. The van der Waals surface area contributed by atoms with Crippen molar-refractivity contribution >= 4 is 23.4 Å². The molecule has 41 heavy (non-hydrogen) atoms. The Bertz CT molecular complexity index is 1610. The Labute approximate surface area is 244 Å². The molecule has 1 fully saturated rings. The number of Topliss-reactive ketones (excluding diaryl/α,β-unsaturated/α-hetero) is 1. The number of fused-ring (bicyclic) bond motifs is 1. The predicted molar refractivity (Wildman–Crippen MR) is 155 cm³/mol. The molecule has 0 amide bonds. The molecule has 6 rings (SSSR count). The minimum absolute atomic E-state index is 0.186. The average Bonchev–Trinajstić information content (AvgIpc) is 3.43. The molecule has 1 atom stereocenters. The number of hydrogen-bond donors (Lipinski definition) is 0. The molecule has 2 aliphatic carbocycles. The highest BCUT2D eigenvalue weighted by atomic mass is 35.5. The average molecular weight is 570 g/mol. The molecule has 2 aromatic heterocycles. The predicted octanol–water partition coefficient (Wildman–Crippen LogP) is 6.13. The molecule has 1 saturated carbocycles. The van der Waals surface area contributed by atoms with Crippen molar-refractivity contribution in [1.29, 1.82) is 0 Å². The number of esters is 1. The topological polar surface area (TPSA) is 99.9 Å². The zero-order valence-corrected chi connectivity index (χ0v) is 24.2. The zero-order valence-electron chi connectivity index (χ0n) is 23.4. The van der Waals surface area contributed by atoms with Gasteiger partial charge in [-0.3, -0.25) is 9.78 Å². The second-order valence-corrected chi connectivity index (χ2v) is 12.6. The summed E-state index contributed by atoms with van der Waals surface area (Å²) in [6.45, 7) is 5.53. The van der Waals surface area contributed by atoms with Gasteiger partial charge in [-0.2, -0.15) is 4.68 Å². The number of aromatic nitrogens is 5. The number of pyridine rings is 1. The molecule has 2 aromatic carbocycles. The molecular weight excluding hydrogens is 538 g/mol. The Kier molecular flexibility index (Phi) is 6.98. The monoisotopic (exact) mass is 569 g/mol. The number of carbonyl (C=O) groups is 2. The summed E-state index contributed by atoms with van der Waals surface area (Å²) in [6.07, 6.45) is 8.36. The van der Waals surface area contributed by atoms with Gasteiger partial charge >= 0.3 is 5.97 Å². The second kappa shape index (κ2) is 10.5. The van der Waals surface area contributed by atoms with Crippen molar-refractivity contribution in [2.45, 2.75) is 70.3 Å². The van der Waals surface area contributed by atoms with Crippen molar-refractivity contribution in [3.05, 3.63) is 88.5 Å². The van der Waals surface area contributed by atoms with E-state index in [-0.39, 0.29) is 11.8 Å². The quantitative estimate of drug-likeness (QED) is 0.235. The third kappa shape index (κ3) is 5.66. The Morgan fingerprint density at radius 1 is 1.10 bits per heavy atom. The van der Waals surface area contributed by atoms with Gasteiger partial charge in [-0.25, -0.2) is 4.79 Å². The van der Waals surface area contributed by atoms with Gasteiger partial charge < -0.3 is 4.74 Å². The zero-order chi connectivity index (χ0) is 28.8. The lowest BCUT2D eigenvalue weighted by Crippen LogP contribution is -2.36. The SMILES string of the molecule is CC(C)(C)OC(=O)c1ccc(CC(=O)C2(CC3CC3)CCc3cc(-c4cc(Cl)ccc4-n4cnnn4)cnc32)cc1. The van der Waals surface area contributed by atoms with Gasteiger partial charge in [0, 0.05) is 28.8 Å². The number of ketones is 1. The number of carbonyl (C=O) groups excluding carboxylic acids is 2. The third-order valence-corrected chi connectivity index (χ3v) is 8.16. The van der Waals surface area contributed by atoms with Crippen molar-refractivity contribution in [3.63, 3.8) is 0 Å². The van der Waals surface area contributed by atoms with E-state index in [2.05, 4.69) is 21.6 Å². The van der Waals surface area contributed by atoms with E-state index in [1.807, 2.05) is 57.3 Å². The van der Waals surface area contributed by atoms with Crippen LogP contribution in [0.3, 0.4) is 0 Å². The van der Waals surface area contributed by atoms with Gasteiger partial charge in [0.15, 0.2) is 0 Å². The molecule has 1 unspecified atom stereocenters. The summed E-state index contributed by atoms with van der Waals surface area (Å²) in [5, 5.41) is 12.2. The van der Waals surface area contributed by atoms with Gasteiger partial charge in [0.1, 0.15) is 17.7 Å². The van der Waals surface area contributed by atoms with Gasteiger partial charge in [0.25, 0.3) is 0 Å². The largest absolute Gasteiger partial charge is 0.456 e. The van der Waals surface area contributed by atoms with E-state index in [1.54, 1.807) is 23.1 Å². The van der Waals surface area contributed by atoms with Crippen LogP contribution in [0.15, 0.2) is 61.1 Å². The van der Waals surface area contributed by atoms with Crippen LogP contribution in [0.5, 0.6) is 0 Å². The highest BCUT2D eigenvalue weighted by Gasteiger charge is 2.49. The molecule has 2 aliphatic rings. The van der Waals surface area contributed by atoms with Crippen molar-refractivity contribution in [3.8, 4) is 16.8 Å². The van der Waals surface area contributed by atoms with Crippen LogP contribution in [0.1, 0.15) is 73.6 Å². The van der Waals surface area contributed by atoms with Gasteiger partial charge in [-0.05, 0) is 104 Å². The molecule has 0 spiro atoms. The fraction of sp³-hybridized carbons (Fsp3) is 0.375. The summed E-state index contributed by atoms with van der Waals surface area (Å²) in [6, 6.07) is 14.9. The first-order valence-electron chi connectivity index (χ1n) is 14.0. The molecule has 210 valence electrons. The number of ether oxygens (including phenoxy) is 1. The van der Waals surface area contributed by atoms with E-state index < -0.39 is 11.0 Å². The maximum atomic E-state index is 14.1. The van der Waals surface area contributed by atoms with E-state index in [0.717, 1.165) is 65.7 Å². The van der Waals surface area contributed by atoms with Crippen molar-refractivity contribution in [1.82, 2.24) is 25.2 Å². The summed E-state index contributed by atoms with van der Waals surface area (Å²) in [7, 11) is 0. The Hall–Kier alpha value is -3.91. The van der Waals surface area contributed by atoms with Crippen LogP contribution in [0.25, 0.3) is 16.8 Å². The number of halogens is 1. The maximum absolute atomic E-state index is 14.1. The number of rotatable bonds is 8. The molecule has 0 aliphatic heterocycles. The van der Waals surface area contributed by atoms with Gasteiger partial charge in [-0.15, -0.1) is 5.10 Å². The molecule has 0 bridgehead atoms. The lowest BCUT2D eigenvalue weighted by atomic mass is 9.74. The van der Waals surface area contributed by atoms with Gasteiger partial charge in [0.2, 0.25) is 0 Å². The summed E-state index contributed by atoms with van der Waals surface area (Å²) < 4.78 is 7.08. The van der Waals surface area contributed by atoms with Crippen molar-refractivity contribution in [2.75, 3.05) is 0 Å². The summed E-state index contributed by atoms with van der Waals surface area (Å²) >= 11 is 6.38. The Morgan fingerprint density at radius 3 is 2.56 bits per heavy atom. The molecule has 8 nitrogen and oxygen atoms in total. The molecule has 9 heteroatoms. The molecule has 4 aromatic rings. The molecule has 0 radical (unpaired) electrons. The number of nitrogens with zero attached hydrogens (tertiary/aromatic N) is 5. The lowest BCUT2D eigenvalue weighted by molar-refractivity contribution is -0.124. The number of tetrazole rings is 1. The fourth-order valence-corrected chi connectivity index (χ4v) is 5.98. The smallest absolute Gasteiger partial charge is 0.338 e. The number of aryl methyl sites for hydroxylation is 1. The normalized spacial score (nSPS) is 18.2. The Morgan fingerprint density at radius 2 is 1.88 bits per heavy atom. The van der Waals surface area contributed by atoms with Crippen LogP contribution in [0, 0.1) is 5.92 Å². The van der Waals surface area contributed by atoms with Crippen LogP contribution in [-0.4, -0.2) is 42.5 Å². The number of benzene rings is 2. The van der Waals surface area contributed by atoms with Gasteiger partial charge in [0.05, 0.1) is 22.4 Å². The van der Waals surface area contributed by atoms with E-state index >= 15 is 0 Å². The van der Waals surface area contributed by atoms with E-state index in [9.17, 15) is 9.59 Å². The van der Waals surface area contributed by atoms with E-state index in [0.29, 0.717) is 22.9 Å². The minimum atomic E-state index is -0.605. The Balaban J connectivity index is 1.29. The van der Waals surface area contributed by atoms with Crippen molar-refractivity contribution < 1.29 is 14.3 Å². The first-order chi connectivity index (χ1) is 19.6. The number of hydrogen-bond acceptors (Lipinski definition) is 7. The maximum Gasteiger partial charge on any atom is 0.338 e. The molecule has 2 heterocycles. The second-order valence-electron chi connectivity index (χ2n) is 12.2. The standard InChI is InChI=1S/C32H32ClN5O3/c1-31(2,3)41-30(40)22-8-6-20(7-9-22)14-28(39)32(17-21-4-5-21)13-12-23-15-24(18-34-29(23)32)26-16-25(33)10-11-27(26)38-19-35-36-37-38/h6-11,15-16,18-19,21H,4-5,12-14,17H2,1-3H3. The van der Waals surface area contributed by atoms with Crippen LogP contribution in [-0.2, 0) is 27.8 Å². The van der Waals surface area contributed by atoms with Gasteiger partial charge in [-0.1, -0.05) is 36.6 Å². The van der Waals surface area contributed by atoms with Crippen molar-refractivity contribution in [2.24, 2.45) is 5.92 Å². The van der Waals surface area contributed by atoms with E-state index in [4.69, 9.17) is 21.3 Å². The molecular formula is C32H32ClN5O3. The first kappa shape index (κ1) is 27.3. The van der Waals surface area contributed by atoms with E-state index in [1.165, 1.54) is 0 Å². The van der Waals surface area contributed by atoms with Crippen LogP contribution >= 0.6 is 11.6 Å². The van der Waals surface area contributed by atoms with Crippen LogP contribution < -0.4 is 0 Å². The summed E-state index contributed by atoms with van der Waals surface area (Å²) in [4.78, 5) is 31.5. The van der Waals surface area contributed by atoms with Crippen LogP contribution in [0.4, 0.5) is 0 Å². The van der Waals surface area contributed by atoms with Crippen LogP contribution in [0.2, 0.25) is 5.02 Å². The fourth-order valence-electron chi connectivity index (χ4n) is 5.81. The first-order valence-corrected chi connectivity index (χ1v) is 14.4. The summed E-state index contributed by atoms with van der Waals surface area (Å²) in [5.74, 6) is 0.374. The minimum Gasteiger partial charge on any atom is -0.456 e. The third-order valence-electron chi connectivity index (χ3n) is 7.93. The summed E-state index contributed by atoms with van der Waals surface area (Å²) in [5.41, 5.74) is 4.76. The molecule has 0 N–H and O–H groups in total. The highest BCUT2D eigenvalue weighted by molar-refractivity contribution is 6.31. The lowest BCUT2D eigenvalue weighted by Gasteiger charge is -2.28. The molecule has 0 saturated heterocycles.